The number of likely N-dealkylation sites (tertiary alicyclic amines) is 1. The maximum atomic E-state index is 12.9. The van der Waals surface area contributed by atoms with Gasteiger partial charge in [-0.05, 0) is 43.9 Å². The average Bonchev–Trinajstić information content (AvgIpc) is 3.36. The van der Waals surface area contributed by atoms with Crippen molar-refractivity contribution >= 4 is 41.0 Å². The van der Waals surface area contributed by atoms with Crippen LogP contribution in [-0.2, 0) is 30.4 Å². The summed E-state index contributed by atoms with van der Waals surface area (Å²) in [6, 6.07) is 1.13. The van der Waals surface area contributed by atoms with Gasteiger partial charge in [0.1, 0.15) is 23.9 Å². The number of carbonyl (C=O) groups is 5. The quantitative estimate of drug-likeness (QED) is 0.174. The fraction of sp³-hybridized carbons (Fsp3) is 0.542. The van der Waals surface area contributed by atoms with E-state index in [1.54, 1.807) is 12.1 Å². The highest BCUT2D eigenvalue weighted by Gasteiger charge is 2.36. The second-order valence-electron chi connectivity index (χ2n) is 8.87. The average molecular weight is 541 g/mol. The molecule has 0 spiro atoms. The lowest BCUT2D eigenvalue weighted by Gasteiger charge is -2.28. The van der Waals surface area contributed by atoms with Crippen LogP contribution < -0.4 is 16.0 Å². The molecule has 0 radical (unpaired) electrons. The van der Waals surface area contributed by atoms with Crippen LogP contribution in [0.5, 0.6) is 5.75 Å². The Kier molecular flexibility index (Phi) is 11.3. The van der Waals surface area contributed by atoms with Crippen molar-refractivity contribution in [1.29, 1.82) is 0 Å². The van der Waals surface area contributed by atoms with Gasteiger partial charge in [-0.15, -0.1) is 11.6 Å². The van der Waals surface area contributed by atoms with Gasteiger partial charge in [0.2, 0.25) is 23.6 Å². The Morgan fingerprint density at radius 2 is 1.68 bits per heavy atom. The molecule has 13 heteroatoms. The smallest absolute Gasteiger partial charge is 0.245 e. The number of aliphatic hydroxyl groups is 2. The molecule has 1 saturated heterocycles. The predicted octanol–water partition coefficient (Wildman–Crippen LogP) is -1.42. The largest absolute Gasteiger partial charge is 0.508 e. The Balaban J connectivity index is 2.07. The van der Waals surface area contributed by atoms with E-state index in [0.717, 1.165) is 0 Å². The summed E-state index contributed by atoms with van der Waals surface area (Å²) < 4.78 is 0. The molecule has 1 aliphatic heterocycles. The molecule has 1 heterocycles. The zero-order valence-corrected chi connectivity index (χ0v) is 21.4. The molecule has 4 amide bonds. The molecule has 5 atom stereocenters. The van der Waals surface area contributed by atoms with E-state index < -0.39 is 66.3 Å². The van der Waals surface area contributed by atoms with Crippen LogP contribution in [0.1, 0.15) is 32.3 Å². The lowest BCUT2D eigenvalue weighted by atomic mass is 10.0. The Morgan fingerprint density at radius 1 is 1.05 bits per heavy atom. The number of halogens is 1. The van der Waals surface area contributed by atoms with Crippen molar-refractivity contribution in [2.45, 2.75) is 63.4 Å². The number of hydrogen-bond acceptors (Lipinski definition) is 8. The first-order chi connectivity index (χ1) is 17.5. The van der Waals surface area contributed by atoms with Crippen LogP contribution in [0.2, 0.25) is 0 Å². The molecule has 2 rings (SSSR count). The lowest BCUT2D eigenvalue weighted by Crippen LogP contribution is -2.60. The molecule has 1 aromatic rings. The Hall–Kier alpha value is -3.22. The summed E-state index contributed by atoms with van der Waals surface area (Å²) in [5.41, 5.74) is 0.620. The normalized spacial score (nSPS) is 18.3. The molecule has 37 heavy (non-hydrogen) atoms. The number of benzene rings is 1. The van der Waals surface area contributed by atoms with Crippen LogP contribution in [0, 0.1) is 0 Å². The number of phenols is 1. The third-order valence-corrected chi connectivity index (χ3v) is 6.31. The molecule has 5 unspecified atom stereocenters. The van der Waals surface area contributed by atoms with Crippen molar-refractivity contribution in [3.63, 3.8) is 0 Å². The second kappa shape index (κ2) is 13.9. The molecule has 0 aromatic heterocycles. The summed E-state index contributed by atoms with van der Waals surface area (Å²) in [5, 5.41) is 36.4. The summed E-state index contributed by atoms with van der Waals surface area (Å²) in [6.07, 6.45) is -0.302. The Morgan fingerprint density at radius 3 is 2.22 bits per heavy atom. The number of rotatable bonds is 12. The van der Waals surface area contributed by atoms with E-state index >= 15 is 0 Å². The van der Waals surface area contributed by atoms with Crippen LogP contribution in [0.3, 0.4) is 0 Å². The fourth-order valence-corrected chi connectivity index (χ4v) is 4.19. The molecular formula is C24H33ClN4O8. The van der Waals surface area contributed by atoms with E-state index in [4.69, 9.17) is 11.6 Å². The topological polar surface area (TPSA) is 185 Å². The predicted molar refractivity (Wildman–Crippen MR) is 133 cm³/mol. The summed E-state index contributed by atoms with van der Waals surface area (Å²) >= 11 is 5.68. The van der Waals surface area contributed by atoms with Crippen molar-refractivity contribution in [1.82, 2.24) is 20.9 Å². The second-order valence-corrected chi connectivity index (χ2v) is 9.14. The van der Waals surface area contributed by atoms with Crippen molar-refractivity contribution in [3.8, 4) is 5.75 Å². The molecule has 1 aliphatic rings. The van der Waals surface area contributed by atoms with Gasteiger partial charge >= 0.3 is 0 Å². The number of hydrogen-bond donors (Lipinski definition) is 6. The molecule has 0 aliphatic carbocycles. The number of nitrogens with zero attached hydrogens (tertiary/aromatic N) is 1. The molecular weight excluding hydrogens is 508 g/mol. The number of amides is 4. The van der Waals surface area contributed by atoms with Gasteiger partial charge in [-0.3, -0.25) is 24.0 Å². The third kappa shape index (κ3) is 8.41. The first kappa shape index (κ1) is 30.0. The van der Waals surface area contributed by atoms with Gasteiger partial charge in [0.05, 0.1) is 24.6 Å². The highest BCUT2D eigenvalue weighted by Crippen LogP contribution is 2.18. The zero-order chi connectivity index (χ0) is 27.7. The minimum atomic E-state index is -1.50. The van der Waals surface area contributed by atoms with E-state index in [9.17, 15) is 39.3 Å². The van der Waals surface area contributed by atoms with Gasteiger partial charge in [0.25, 0.3) is 0 Å². The number of Topliss-reactive ketones (excluding diaryl/α,β-unsaturated/α-hetero) is 1. The van der Waals surface area contributed by atoms with Gasteiger partial charge in [0, 0.05) is 13.5 Å². The molecule has 0 saturated carbocycles. The van der Waals surface area contributed by atoms with Crippen LogP contribution in [0.15, 0.2) is 24.3 Å². The van der Waals surface area contributed by atoms with Gasteiger partial charge in [-0.2, -0.15) is 0 Å². The minimum absolute atomic E-state index is 0.0257. The monoisotopic (exact) mass is 540 g/mol. The number of aromatic hydroxyl groups is 1. The fourth-order valence-electron chi connectivity index (χ4n) is 4.01. The summed E-state index contributed by atoms with van der Waals surface area (Å²) in [6.45, 7) is 2.17. The number of ketones is 1. The standard InChI is InChI=1S/C24H33ClN4O8/c1-13(31)21(28-23(36)19-4-3-9-29(19)14(2)32)24(37)27-18(12-30)22(35)26-17(20(34)11-25)10-15-5-7-16(33)8-6-15/h5-8,13,17-19,21,30-31,33H,3-4,9-12H2,1-2H3,(H,26,35)(H,27,37)(H,28,36). The van der Waals surface area contributed by atoms with Crippen LogP contribution in [0.25, 0.3) is 0 Å². The number of aliphatic hydroxyl groups excluding tert-OH is 2. The maximum absolute atomic E-state index is 12.9. The Labute approximate surface area is 219 Å². The van der Waals surface area contributed by atoms with E-state index in [1.807, 2.05) is 0 Å². The maximum Gasteiger partial charge on any atom is 0.245 e. The molecule has 204 valence electrons. The van der Waals surface area contributed by atoms with Crippen LogP contribution in [-0.4, -0.2) is 98.9 Å². The number of alkyl halides is 1. The van der Waals surface area contributed by atoms with Gasteiger partial charge in [0.15, 0.2) is 5.78 Å². The van der Waals surface area contributed by atoms with Crippen LogP contribution >= 0.6 is 11.6 Å². The first-order valence-corrected chi connectivity index (χ1v) is 12.4. The van der Waals surface area contributed by atoms with Crippen molar-refractivity contribution in [2.24, 2.45) is 0 Å². The third-order valence-electron chi connectivity index (χ3n) is 6.05. The van der Waals surface area contributed by atoms with Crippen LogP contribution in [0.4, 0.5) is 0 Å². The SMILES string of the molecule is CC(=O)N1CCCC1C(=O)NC(C(=O)NC(CO)C(=O)NC(Cc1ccc(O)cc1)C(=O)CCl)C(C)O. The highest BCUT2D eigenvalue weighted by molar-refractivity contribution is 6.28. The van der Waals surface area contributed by atoms with Gasteiger partial charge in [-0.1, -0.05) is 12.1 Å². The number of carbonyl (C=O) groups excluding carboxylic acids is 5. The molecule has 0 bridgehead atoms. The highest BCUT2D eigenvalue weighted by atomic mass is 35.5. The minimum Gasteiger partial charge on any atom is -0.508 e. The number of nitrogens with one attached hydrogen (secondary N) is 3. The van der Waals surface area contributed by atoms with E-state index in [1.165, 1.54) is 30.9 Å². The van der Waals surface area contributed by atoms with Crippen molar-refractivity contribution in [2.75, 3.05) is 19.0 Å². The van der Waals surface area contributed by atoms with E-state index in [0.29, 0.717) is 24.9 Å². The summed E-state index contributed by atoms with van der Waals surface area (Å²) in [7, 11) is 0. The lowest BCUT2D eigenvalue weighted by molar-refractivity contribution is -0.140. The van der Waals surface area contributed by atoms with E-state index in [-0.39, 0.29) is 18.1 Å². The van der Waals surface area contributed by atoms with Gasteiger partial charge in [-0.25, -0.2) is 0 Å². The van der Waals surface area contributed by atoms with Crippen molar-refractivity contribution < 1.29 is 39.3 Å². The molecule has 12 nitrogen and oxygen atoms in total. The summed E-state index contributed by atoms with van der Waals surface area (Å²) in [5.74, 6) is -3.62. The zero-order valence-electron chi connectivity index (χ0n) is 20.6. The molecule has 1 fully saturated rings. The van der Waals surface area contributed by atoms with Crippen molar-refractivity contribution in [3.05, 3.63) is 29.8 Å². The van der Waals surface area contributed by atoms with Gasteiger partial charge < -0.3 is 36.2 Å². The summed E-state index contributed by atoms with van der Waals surface area (Å²) in [4.78, 5) is 63.8. The molecule has 6 N–H and O–H groups in total. The first-order valence-electron chi connectivity index (χ1n) is 11.8. The Bertz CT molecular complexity index is 987. The number of phenolic OH excluding ortho intramolecular Hbond substituents is 1. The van der Waals surface area contributed by atoms with E-state index in [2.05, 4.69) is 16.0 Å². The molecule has 1 aromatic carbocycles.